The number of benzene rings is 2. The number of aromatic hydroxyl groups is 2. The molecule has 0 saturated heterocycles. The van der Waals surface area contributed by atoms with Gasteiger partial charge in [0.05, 0.1) is 17.7 Å². The summed E-state index contributed by atoms with van der Waals surface area (Å²) in [5, 5.41) is 28.2. The number of nitrogens with zero attached hydrogens (tertiary/aromatic N) is 2. The lowest BCUT2D eigenvalue weighted by molar-refractivity contribution is -0.123. The highest BCUT2D eigenvalue weighted by molar-refractivity contribution is 6.31. The molecule has 3 aromatic rings. The van der Waals surface area contributed by atoms with E-state index in [4.69, 9.17) is 14.0 Å². The van der Waals surface area contributed by atoms with Gasteiger partial charge in [0, 0.05) is 17.3 Å². The normalized spacial score (nSPS) is 19.1. The highest BCUT2D eigenvalue weighted by atomic mass is 16.5. The van der Waals surface area contributed by atoms with E-state index in [2.05, 4.69) is 15.5 Å². The van der Waals surface area contributed by atoms with Crippen LogP contribution in [0.1, 0.15) is 54.0 Å². The van der Waals surface area contributed by atoms with Gasteiger partial charge in [-0.05, 0) is 39.8 Å². The van der Waals surface area contributed by atoms with E-state index >= 15 is 0 Å². The van der Waals surface area contributed by atoms with E-state index in [9.17, 15) is 24.6 Å². The van der Waals surface area contributed by atoms with Crippen LogP contribution in [-0.2, 0) is 28.2 Å². The second-order valence-corrected chi connectivity index (χ2v) is 9.45. The first-order valence-corrected chi connectivity index (χ1v) is 12.1. The molecule has 0 spiro atoms. The molecule has 0 radical (unpaired) electrons. The van der Waals surface area contributed by atoms with Crippen molar-refractivity contribution in [3.8, 4) is 23.0 Å². The number of phenolic OH excluding ortho intramolecular Hbond substituents is 2. The molecule has 1 aromatic heterocycles. The number of carbonyl (C=O) groups excluding carboxylic acids is 3. The van der Waals surface area contributed by atoms with E-state index in [0.717, 1.165) is 6.08 Å². The third kappa shape index (κ3) is 4.12. The molecule has 11 heteroatoms. The summed E-state index contributed by atoms with van der Waals surface area (Å²) in [6, 6.07) is 9.16. The Bertz CT molecular complexity index is 1600. The number of fused-ring (bicyclic) bond motifs is 3. The summed E-state index contributed by atoms with van der Waals surface area (Å²) in [5.74, 6) is -1.58. The van der Waals surface area contributed by atoms with Gasteiger partial charge in [0.15, 0.2) is 24.0 Å². The molecule has 1 aliphatic heterocycles. The van der Waals surface area contributed by atoms with Gasteiger partial charge >= 0.3 is 0 Å². The largest absolute Gasteiger partial charge is 0.507 e. The Hall–Kier alpha value is -4.93. The Morgan fingerprint density at radius 1 is 1.13 bits per heavy atom. The molecule has 11 nitrogen and oxygen atoms in total. The van der Waals surface area contributed by atoms with Crippen LogP contribution in [0.5, 0.6) is 23.0 Å². The van der Waals surface area contributed by atoms with Crippen LogP contribution in [0, 0.1) is 6.92 Å². The van der Waals surface area contributed by atoms with Crippen molar-refractivity contribution in [2.45, 2.75) is 46.3 Å². The number of ether oxygens (including phenoxy) is 2. The number of carbonyl (C=O) groups is 3. The van der Waals surface area contributed by atoms with Crippen molar-refractivity contribution in [3.63, 3.8) is 0 Å². The highest BCUT2D eigenvalue weighted by Crippen LogP contribution is 2.57. The van der Waals surface area contributed by atoms with Crippen LogP contribution in [0.2, 0.25) is 0 Å². The molecule has 1 aliphatic carbocycles. The van der Waals surface area contributed by atoms with Crippen molar-refractivity contribution in [1.82, 2.24) is 15.5 Å². The second kappa shape index (κ2) is 9.43. The molecule has 5 rings (SSSR count). The Morgan fingerprint density at radius 2 is 1.85 bits per heavy atom. The zero-order valence-corrected chi connectivity index (χ0v) is 21.6. The van der Waals surface area contributed by atoms with Gasteiger partial charge in [-0.3, -0.25) is 14.4 Å². The van der Waals surface area contributed by atoms with E-state index in [-0.39, 0.29) is 64.3 Å². The summed E-state index contributed by atoms with van der Waals surface area (Å²) in [4.78, 5) is 43.4. The minimum atomic E-state index is -1.60. The molecule has 2 aliphatic rings. The van der Waals surface area contributed by atoms with Crippen LogP contribution in [0.25, 0.3) is 0 Å². The summed E-state index contributed by atoms with van der Waals surface area (Å²) in [7, 11) is 0. The van der Waals surface area contributed by atoms with E-state index in [1.807, 2.05) is 18.2 Å². The average Bonchev–Trinajstić information content (AvgIpc) is 3.48. The van der Waals surface area contributed by atoms with Crippen molar-refractivity contribution in [1.29, 1.82) is 0 Å². The van der Waals surface area contributed by atoms with Crippen molar-refractivity contribution < 1.29 is 38.6 Å². The molecule has 39 heavy (non-hydrogen) atoms. The predicted octanol–water partition coefficient (Wildman–Crippen LogP) is 3.32. The number of allylic oxidation sites excluding steroid dienone is 4. The number of nitrogens with one attached hydrogen (secondary N) is 1. The fraction of sp³-hybridized carbons (Fsp3) is 0.250. The maximum atomic E-state index is 13.8. The third-order valence-electron chi connectivity index (χ3n) is 6.89. The molecular formula is C28H25N3O8. The van der Waals surface area contributed by atoms with E-state index < -0.39 is 28.5 Å². The number of Topliss-reactive ketones (excluding diaryl/α,β-unsaturated/α-hetero) is 2. The standard InChI is InChI=1S/C28H25N3O8/c1-13-24(34)22(15(3)32)26-23(25(13)35)28(4)18(38-26)10-17(33)21(27(28)36)14(2)29-11-20-30-19(31-39-20)12-37-16-8-6-5-7-9-16/h5-10,29,34-35H,11-12H2,1-4H3/b21-14+/t28-/m1/s1. The second-order valence-electron chi connectivity index (χ2n) is 9.45. The lowest BCUT2D eigenvalue weighted by Gasteiger charge is -2.29. The van der Waals surface area contributed by atoms with Gasteiger partial charge in [-0.15, -0.1) is 0 Å². The van der Waals surface area contributed by atoms with Crippen LogP contribution < -0.4 is 14.8 Å². The molecule has 0 unspecified atom stereocenters. The van der Waals surface area contributed by atoms with Crippen molar-refractivity contribution in [2.24, 2.45) is 0 Å². The summed E-state index contributed by atoms with van der Waals surface area (Å²) in [6.07, 6.45) is 1.16. The van der Waals surface area contributed by atoms with Crippen LogP contribution >= 0.6 is 0 Å². The van der Waals surface area contributed by atoms with Crippen LogP contribution in [0.15, 0.2) is 58.0 Å². The summed E-state index contributed by atoms with van der Waals surface area (Å²) >= 11 is 0. The number of hydrogen-bond acceptors (Lipinski definition) is 11. The number of hydrogen-bond donors (Lipinski definition) is 3. The maximum absolute atomic E-state index is 13.8. The van der Waals surface area contributed by atoms with Crippen LogP contribution in [0.4, 0.5) is 0 Å². The molecule has 1 atom stereocenters. The number of phenols is 2. The first-order chi connectivity index (χ1) is 18.5. The molecule has 0 bridgehead atoms. The molecule has 0 saturated carbocycles. The summed E-state index contributed by atoms with van der Waals surface area (Å²) in [6.45, 7) is 5.84. The van der Waals surface area contributed by atoms with Gasteiger partial charge in [0.2, 0.25) is 11.7 Å². The van der Waals surface area contributed by atoms with E-state index in [0.29, 0.717) is 11.6 Å². The average molecular weight is 532 g/mol. The first-order valence-electron chi connectivity index (χ1n) is 12.1. The zero-order valence-electron chi connectivity index (χ0n) is 21.6. The van der Waals surface area contributed by atoms with Crippen molar-refractivity contribution >= 4 is 17.3 Å². The third-order valence-corrected chi connectivity index (χ3v) is 6.89. The van der Waals surface area contributed by atoms with Gasteiger partial charge in [0.25, 0.3) is 0 Å². The van der Waals surface area contributed by atoms with Gasteiger partial charge in [0.1, 0.15) is 39.7 Å². The van der Waals surface area contributed by atoms with E-state index in [1.165, 1.54) is 20.8 Å². The minimum absolute atomic E-state index is 0.0250. The number of para-hydroxylation sites is 1. The smallest absolute Gasteiger partial charge is 0.246 e. The van der Waals surface area contributed by atoms with E-state index in [1.54, 1.807) is 19.1 Å². The summed E-state index contributed by atoms with van der Waals surface area (Å²) < 4.78 is 16.6. The topological polar surface area (TPSA) is 161 Å². The lowest BCUT2D eigenvalue weighted by atomic mass is 9.70. The van der Waals surface area contributed by atoms with Gasteiger partial charge in [-0.2, -0.15) is 4.98 Å². The number of rotatable bonds is 7. The Morgan fingerprint density at radius 3 is 2.54 bits per heavy atom. The van der Waals surface area contributed by atoms with Gasteiger partial charge < -0.3 is 29.5 Å². The van der Waals surface area contributed by atoms with Crippen LogP contribution in [-0.4, -0.2) is 37.7 Å². The Balaban J connectivity index is 1.41. The molecule has 2 aromatic carbocycles. The minimum Gasteiger partial charge on any atom is -0.507 e. The molecule has 0 amide bonds. The van der Waals surface area contributed by atoms with Crippen molar-refractivity contribution in [2.75, 3.05) is 0 Å². The van der Waals surface area contributed by atoms with Gasteiger partial charge in [-0.1, -0.05) is 23.4 Å². The van der Waals surface area contributed by atoms with Crippen molar-refractivity contribution in [3.05, 3.63) is 81.8 Å². The quantitative estimate of drug-likeness (QED) is 0.233. The molecule has 0 fully saturated rings. The number of ketones is 3. The fourth-order valence-corrected chi connectivity index (χ4v) is 4.74. The lowest BCUT2D eigenvalue weighted by Crippen LogP contribution is -2.41. The van der Waals surface area contributed by atoms with Crippen LogP contribution in [0.3, 0.4) is 0 Å². The SMILES string of the molecule is CC(=O)c1c(O)c(C)c(O)c2c1OC1=CC(=O)/C(=C(/C)NCc3nc(COc4ccccc4)no3)C(=O)[C@]12C. The zero-order chi connectivity index (χ0) is 28.1. The monoisotopic (exact) mass is 531 g/mol. The molecule has 3 N–H and O–H groups in total. The predicted molar refractivity (Wildman–Crippen MR) is 135 cm³/mol. The highest BCUT2D eigenvalue weighted by Gasteiger charge is 2.56. The molecule has 2 heterocycles. The Labute approximate surface area is 222 Å². The number of aromatic nitrogens is 2. The molecule has 200 valence electrons. The van der Waals surface area contributed by atoms with Gasteiger partial charge in [-0.25, -0.2) is 0 Å². The fourth-order valence-electron chi connectivity index (χ4n) is 4.74. The Kier molecular flexibility index (Phi) is 6.21. The summed E-state index contributed by atoms with van der Waals surface area (Å²) in [5.41, 5.74) is -1.62. The first kappa shape index (κ1) is 25.7. The molecular weight excluding hydrogens is 506 g/mol. The maximum Gasteiger partial charge on any atom is 0.246 e.